The third kappa shape index (κ3) is 3.07. The normalized spacial score (nSPS) is 16.4. The summed E-state index contributed by atoms with van der Waals surface area (Å²) in [5, 5.41) is 0. The minimum atomic E-state index is -0.645. The smallest absolute Gasteiger partial charge is 0.143 e. The van der Waals surface area contributed by atoms with Gasteiger partial charge in [0.25, 0.3) is 0 Å². The van der Waals surface area contributed by atoms with Crippen LogP contribution in [0.4, 0.5) is 14.5 Å². The van der Waals surface area contributed by atoms with E-state index in [4.69, 9.17) is 6.42 Å². The predicted molar refractivity (Wildman–Crippen MR) is 74.1 cm³/mol. The maximum Gasteiger partial charge on any atom is 0.143 e. The first-order valence-corrected chi connectivity index (χ1v) is 6.86. The minimum absolute atomic E-state index is 0.274. The minimum Gasteiger partial charge on any atom is -0.371 e. The average molecular weight is 263 g/mol. The molecule has 102 valence electrons. The van der Waals surface area contributed by atoms with Gasteiger partial charge in [0.05, 0.1) is 5.56 Å². The summed E-state index contributed by atoms with van der Waals surface area (Å²) >= 11 is 0. The zero-order valence-corrected chi connectivity index (χ0v) is 11.3. The van der Waals surface area contributed by atoms with Gasteiger partial charge in [-0.3, -0.25) is 0 Å². The highest BCUT2D eigenvalue weighted by atomic mass is 19.1. The molecule has 0 amide bonds. The van der Waals surface area contributed by atoms with E-state index < -0.39 is 11.6 Å². The maximum absolute atomic E-state index is 13.7. The Balaban J connectivity index is 2.10. The lowest BCUT2D eigenvalue weighted by Gasteiger charge is -2.33. The van der Waals surface area contributed by atoms with Crippen molar-refractivity contribution in [3.8, 4) is 12.3 Å². The quantitative estimate of drug-likeness (QED) is 0.746. The fourth-order valence-electron chi connectivity index (χ4n) is 2.77. The Hall–Kier alpha value is -1.56. The number of halogens is 2. The summed E-state index contributed by atoms with van der Waals surface area (Å²) in [6, 6.07) is 2.69. The first-order valence-electron chi connectivity index (χ1n) is 6.86. The largest absolute Gasteiger partial charge is 0.371 e. The van der Waals surface area contributed by atoms with E-state index in [9.17, 15) is 8.78 Å². The van der Waals surface area contributed by atoms with Gasteiger partial charge in [0, 0.05) is 18.8 Å². The van der Waals surface area contributed by atoms with Crippen LogP contribution in [0.2, 0.25) is 0 Å². The van der Waals surface area contributed by atoms with Crippen molar-refractivity contribution < 1.29 is 8.78 Å². The van der Waals surface area contributed by atoms with Crippen molar-refractivity contribution in [3.63, 3.8) is 0 Å². The Morgan fingerprint density at radius 3 is 2.32 bits per heavy atom. The van der Waals surface area contributed by atoms with Crippen molar-refractivity contribution in [2.75, 3.05) is 18.0 Å². The molecular formula is C16H19F2N. The van der Waals surface area contributed by atoms with Crippen molar-refractivity contribution in [2.24, 2.45) is 5.92 Å². The van der Waals surface area contributed by atoms with Crippen molar-refractivity contribution >= 4 is 5.69 Å². The Bertz CT molecular complexity index is 459. The van der Waals surface area contributed by atoms with Crippen molar-refractivity contribution in [3.05, 3.63) is 29.3 Å². The molecule has 1 aliphatic rings. The number of benzene rings is 1. The molecule has 1 heterocycles. The van der Waals surface area contributed by atoms with Crippen LogP contribution in [0.3, 0.4) is 0 Å². The molecule has 0 saturated carbocycles. The van der Waals surface area contributed by atoms with Crippen molar-refractivity contribution in [1.29, 1.82) is 0 Å². The number of hydrogen-bond acceptors (Lipinski definition) is 1. The first kappa shape index (κ1) is 13.9. The molecule has 0 atom stereocenters. The van der Waals surface area contributed by atoms with E-state index in [1.807, 2.05) is 10.8 Å². The summed E-state index contributed by atoms with van der Waals surface area (Å²) in [6.45, 7) is 3.91. The van der Waals surface area contributed by atoms with Gasteiger partial charge in [-0.25, -0.2) is 8.78 Å². The van der Waals surface area contributed by atoms with Gasteiger partial charge in [-0.1, -0.05) is 25.7 Å². The molecule has 1 fully saturated rings. The van der Waals surface area contributed by atoms with E-state index in [1.54, 1.807) is 0 Å². The number of anilines is 1. The van der Waals surface area contributed by atoms with Crippen LogP contribution in [-0.4, -0.2) is 13.1 Å². The molecule has 0 radical (unpaired) electrons. The summed E-state index contributed by atoms with van der Waals surface area (Å²) < 4.78 is 27.3. The molecule has 19 heavy (non-hydrogen) atoms. The van der Waals surface area contributed by atoms with Gasteiger partial charge < -0.3 is 4.90 Å². The third-order valence-corrected chi connectivity index (χ3v) is 3.85. The van der Waals surface area contributed by atoms with Gasteiger partial charge in [-0.2, -0.15) is 0 Å². The summed E-state index contributed by atoms with van der Waals surface area (Å²) in [5.74, 6) is 1.51. The second-order valence-electron chi connectivity index (χ2n) is 5.15. The molecule has 1 aliphatic heterocycles. The fraction of sp³-hybridized carbons (Fsp3) is 0.500. The summed E-state index contributed by atoms with van der Waals surface area (Å²) in [6.07, 6.45) is 9.71. The number of terminal acetylenes is 1. The van der Waals surface area contributed by atoms with Crippen LogP contribution in [0, 0.1) is 29.9 Å². The molecule has 0 N–H and O–H groups in total. The molecular weight excluding hydrogens is 244 g/mol. The lowest BCUT2D eigenvalue weighted by Crippen LogP contribution is -2.33. The molecule has 1 saturated heterocycles. The molecule has 1 aromatic carbocycles. The lowest BCUT2D eigenvalue weighted by atomic mass is 9.92. The highest BCUT2D eigenvalue weighted by Crippen LogP contribution is 2.28. The third-order valence-electron chi connectivity index (χ3n) is 3.85. The van der Waals surface area contributed by atoms with Crippen LogP contribution in [0.25, 0.3) is 0 Å². The number of nitrogens with zero attached hydrogens (tertiary/aromatic N) is 1. The number of rotatable bonds is 3. The predicted octanol–water partition coefficient (Wildman–Crippen LogP) is 3.96. The van der Waals surface area contributed by atoms with Crippen LogP contribution < -0.4 is 4.90 Å². The highest BCUT2D eigenvalue weighted by Gasteiger charge is 2.20. The average Bonchev–Trinajstić information content (AvgIpc) is 2.39. The van der Waals surface area contributed by atoms with Gasteiger partial charge in [-0.15, -0.1) is 6.42 Å². The Labute approximate surface area is 113 Å². The van der Waals surface area contributed by atoms with Crippen molar-refractivity contribution in [1.82, 2.24) is 0 Å². The van der Waals surface area contributed by atoms with Crippen LogP contribution in [-0.2, 0) is 0 Å². The molecule has 0 aliphatic carbocycles. The second kappa shape index (κ2) is 6.06. The lowest BCUT2D eigenvalue weighted by molar-refractivity contribution is 0.378. The monoisotopic (exact) mass is 263 g/mol. The van der Waals surface area contributed by atoms with Gasteiger partial charge in [0.15, 0.2) is 0 Å². The molecule has 0 spiro atoms. The van der Waals surface area contributed by atoms with Crippen LogP contribution >= 0.6 is 0 Å². The van der Waals surface area contributed by atoms with Crippen molar-refractivity contribution in [2.45, 2.75) is 32.6 Å². The standard InChI is InChI=1S/C16H19F2N/c1-3-5-12-6-8-19(9-7-12)13-10-15(17)14(4-2)16(18)11-13/h2,10-12H,3,5-9H2,1H3. The maximum atomic E-state index is 13.7. The molecule has 0 unspecified atom stereocenters. The van der Waals surface area contributed by atoms with E-state index in [-0.39, 0.29) is 5.56 Å². The SMILES string of the molecule is C#Cc1c(F)cc(N2CCC(CCC)CC2)cc1F. The zero-order chi connectivity index (χ0) is 13.8. The Kier molecular flexibility index (Phi) is 4.42. The molecule has 2 rings (SSSR count). The van der Waals surface area contributed by atoms with Gasteiger partial charge in [-0.05, 0) is 30.9 Å². The highest BCUT2D eigenvalue weighted by molar-refractivity contribution is 5.52. The fourth-order valence-corrected chi connectivity index (χ4v) is 2.77. The number of piperidine rings is 1. The van der Waals surface area contributed by atoms with E-state index >= 15 is 0 Å². The summed E-state index contributed by atoms with van der Waals surface area (Å²) in [4.78, 5) is 2.04. The Morgan fingerprint density at radius 2 is 1.84 bits per heavy atom. The van der Waals surface area contributed by atoms with Gasteiger partial charge >= 0.3 is 0 Å². The zero-order valence-electron chi connectivity index (χ0n) is 11.3. The summed E-state index contributed by atoms with van der Waals surface area (Å²) in [5.41, 5.74) is 0.327. The number of hydrogen-bond donors (Lipinski definition) is 0. The molecule has 0 aromatic heterocycles. The Morgan fingerprint density at radius 1 is 1.26 bits per heavy atom. The van der Waals surface area contributed by atoms with E-state index in [2.05, 4.69) is 6.92 Å². The first-order chi connectivity index (χ1) is 9.15. The van der Waals surface area contributed by atoms with Gasteiger partial charge in [0.1, 0.15) is 11.6 Å². The van der Waals surface area contributed by atoms with E-state index in [1.165, 1.54) is 25.0 Å². The van der Waals surface area contributed by atoms with Crippen LogP contribution in [0.1, 0.15) is 38.2 Å². The van der Waals surface area contributed by atoms with Crippen LogP contribution in [0.15, 0.2) is 12.1 Å². The van der Waals surface area contributed by atoms with E-state index in [0.717, 1.165) is 31.8 Å². The molecule has 3 heteroatoms. The second-order valence-corrected chi connectivity index (χ2v) is 5.15. The van der Waals surface area contributed by atoms with Crippen LogP contribution in [0.5, 0.6) is 0 Å². The summed E-state index contributed by atoms with van der Waals surface area (Å²) in [7, 11) is 0. The van der Waals surface area contributed by atoms with Gasteiger partial charge in [0.2, 0.25) is 0 Å². The molecule has 1 aromatic rings. The van der Waals surface area contributed by atoms with E-state index in [0.29, 0.717) is 5.69 Å². The topological polar surface area (TPSA) is 3.24 Å². The molecule has 0 bridgehead atoms. The molecule has 1 nitrogen and oxygen atoms in total.